The topological polar surface area (TPSA) is 41.6 Å². The van der Waals surface area contributed by atoms with Crippen molar-refractivity contribution < 1.29 is 9.53 Å². The summed E-state index contributed by atoms with van der Waals surface area (Å²) in [7, 11) is 3.14. The van der Waals surface area contributed by atoms with Gasteiger partial charge in [0, 0.05) is 20.1 Å². The molecule has 0 aromatic carbocycles. The lowest BCUT2D eigenvalue weighted by atomic mass is 10.2. The van der Waals surface area contributed by atoms with Crippen molar-refractivity contribution in [2.24, 2.45) is 0 Å². The molecule has 0 radical (unpaired) electrons. The average Bonchev–Trinajstić information content (AvgIpc) is 1.82. The molecule has 1 N–H and O–H groups in total. The van der Waals surface area contributed by atoms with Gasteiger partial charge in [0.05, 0.1) is 13.2 Å². The van der Waals surface area contributed by atoms with Gasteiger partial charge in [-0.25, -0.2) is 4.79 Å². The summed E-state index contributed by atoms with van der Waals surface area (Å²) in [5.74, 6) is 0. The Bertz CT molecular complexity index is 134. The highest BCUT2D eigenvalue weighted by Gasteiger charge is 2.25. The summed E-state index contributed by atoms with van der Waals surface area (Å²) in [5, 5.41) is 3.07. The van der Waals surface area contributed by atoms with Gasteiger partial charge in [0.25, 0.3) is 0 Å². The number of nitrogens with one attached hydrogen (secondary N) is 1. The van der Waals surface area contributed by atoms with E-state index in [1.54, 1.807) is 11.9 Å². The smallest absolute Gasteiger partial charge is 0.409 e. The molecule has 58 valence electrons. The van der Waals surface area contributed by atoms with E-state index in [2.05, 4.69) is 10.1 Å². The minimum atomic E-state index is -0.258. The summed E-state index contributed by atoms with van der Waals surface area (Å²) >= 11 is 0. The quantitative estimate of drug-likeness (QED) is 0.547. The first-order chi connectivity index (χ1) is 4.75. The molecule has 1 aliphatic rings. The Morgan fingerprint density at radius 2 is 2.30 bits per heavy atom. The van der Waals surface area contributed by atoms with Crippen LogP contribution in [0.1, 0.15) is 0 Å². The number of carbonyl (C=O) groups excluding carboxylic acids is 1. The minimum absolute atomic E-state index is 0.258. The number of carbonyl (C=O) groups is 1. The maximum Gasteiger partial charge on any atom is 0.409 e. The first kappa shape index (κ1) is 7.34. The molecule has 0 aromatic heterocycles. The lowest BCUT2D eigenvalue weighted by molar-refractivity contribution is 0.104. The predicted octanol–water partition coefficient (Wildman–Crippen LogP) is -0.344. The zero-order chi connectivity index (χ0) is 7.56. The van der Waals surface area contributed by atoms with Gasteiger partial charge in [-0.3, -0.25) is 0 Å². The molecule has 0 bridgehead atoms. The summed E-state index contributed by atoms with van der Waals surface area (Å²) in [6, 6.07) is 0.326. The van der Waals surface area contributed by atoms with E-state index in [4.69, 9.17) is 0 Å². The van der Waals surface area contributed by atoms with Crippen LogP contribution in [0.2, 0.25) is 0 Å². The fraction of sp³-hybridized carbons (Fsp3) is 0.833. The zero-order valence-corrected chi connectivity index (χ0v) is 6.26. The highest BCUT2D eigenvalue weighted by atomic mass is 16.5. The Labute approximate surface area is 60.1 Å². The second-order valence-electron chi connectivity index (χ2n) is 2.39. The van der Waals surface area contributed by atoms with Crippen molar-refractivity contribution in [1.82, 2.24) is 10.2 Å². The van der Waals surface area contributed by atoms with Crippen LogP contribution in [0.4, 0.5) is 4.79 Å². The molecule has 0 atom stereocenters. The van der Waals surface area contributed by atoms with Crippen LogP contribution in [0.3, 0.4) is 0 Å². The van der Waals surface area contributed by atoms with Gasteiger partial charge in [-0.15, -0.1) is 0 Å². The Morgan fingerprint density at radius 3 is 2.60 bits per heavy atom. The van der Waals surface area contributed by atoms with Crippen LogP contribution in [0.5, 0.6) is 0 Å². The molecule has 1 aliphatic heterocycles. The summed E-state index contributed by atoms with van der Waals surface area (Å²) in [5.41, 5.74) is 0. The third kappa shape index (κ3) is 1.21. The van der Waals surface area contributed by atoms with Crippen molar-refractivity contribution in [1.29, 1.82) is 0 Å². The van der Waals surface area contributed by atoms with Gasteiger partial charge in [-0.1, -0.05) is 0 Å². The van der Waals surface area contributed by atoms with Crippen molar-refractivity contribution in [3.63, 3.8) is 0 Å². The van der Waals surface area contributed by atoms with Gasteiger partial charge in [0.15, 0.2) is 0 Å². The molecule has 0 spiro atoms. The van der Waals surface area contributed by atoms with E-state index in [0.29, 0.717) is 6.04 Å². The third-order valence-electron chi connectivity index (χ3n) is 1.77. The zero-order valence-electron chi connectivity index (χ0n) is 6.26. The van der Waals surface area contributed by atoms with Gasteiger partial charge < -0.3 is 15.0 Å². The van der Waals surface area contributed by atoms with Crippen molar-refractivity contribution in [3.8, 4) is 0 Å². The van der Waals surface area contributed by atoms with Crippen LogP contribution < -0.4 is 5.32 Å². The van der Waals surface area contributed by atoms with E-state index in [9.17, 15) is 4.79 Å². The number of amides is 1. The second-order valence-corrected chi connectivity index (χ2v) is 2.39. The van der Waals surface area contributed by atoms with Gasteiger partial charge >= 0.3 is 6.09 Å². The lowest BCUT2D eigenvalue weighted by Crippen LogP contribution is -2.57. The van der Waals surface area contributed by atoms with Crippen molar-refractivity contribution in [2.75, 3.05) is 27.2 Å². The molecule has 1 fully saturated rings. The molecule has 10 heavy (non-hydrogen) atoms. The number of hydrogen-bond acceptors (Lipinski definition) is 3. The molecule has 0 unspecified atom stereocenters. The molecule has 1 amide bonds. The number of likely N-dealkylation sites (N-methyl/N-ethyl adjacent to an activating group) is 1. The van der Waals surface area contributed by atoms with E-state index < -0.39 is 0 Å². The molecule has 1 heterocycles. The highest BCUT2D eigenvalue weighted by Crippen LogP contribution is 2.02. The molecule has 0 saturated carbocycles. The van der Waals surface area contributed by atoms with E-state index in [1.165, 1.54) is 7.11 Å². The Kier molecular flexibility index (Phi) is 2.11. The summed E-state index contributed by atoms with van der Waals surface area (Å²) < 4.78 is 4.53. The van der Waals surface area contributed by atoms with E-state index in [0.717, 1.165) is 13.1 Å². The third-order valence-corrected chi connectivity index (χ3v) is 1.77. The van der Waals surface area contributed by atoms with Crippen molar-refractivity contribution >= 4 is 6.09 Å². The fourth-order valence-electron chi connectivity index (χ4n) is 0.840. The Balaban J connectivity index is 2.31. The first-order valence-electron chi connectivity index (χ1n) is 3.27. The Morgan fingerprint density at radius 1 is 1.70 bits per heavy atom. The van der Waals surface area contributed by atoms with E-state index in [1.807, 2.05) is 0 Å². The summed E-state index contributed by atoms with van der Waals surface area (Å²) in [6.45, 7) is 1.76. The molecule has 0 aromatic rings. The SMILES string of the molecule is COC(=O)N(C)C1CNC1. The molecule has 1 rings (SSSR count). The lowest BCUT2D eigenvalue weighted by Gasteiger charge is -2.34. The minimum Gasteiger partial charge on any atom is -0.453 e. The average molecular weight is 144 g/mol. The van der Waals surface area contributed by atoms with Crippen LogP contribution in [0.25, 0.3) is 0 Å². The van der Waals surface area contributed by atoms with Gasteiger partial charge in [-0.05, 0) is 0 Å². The summed E-state index contributed by atoms with van der Waals surface area (Å²) in [4.78, 5) is 12.4. The Hall–Kier alpha value is -0.770. The number of methoxy groups -OCH3 is 1. The molecular formula is C6H12N2O2. The molecular weight excluding hydrogens is 132 g/mol. The molecule has 4 heteroatoms. The molecule has 0 aliphatic carbocycles. The number of hydrogen-bond donors (Lipinski definition) is 1. The summed E-state index contributed by atoms with van der Waals surface area (Å²) in [6.07, 6.45) is -0.258. The van der Waals surface area contributed by atoms with Crippen LogP contribution in [0, 0.1) is 0 Å². The number of ether oxygens (including phenoxy) is 1. The van der Waals surface area contributed by atoms with Crippen LogP contribution in [-0.2, 0) is 4.74 Å². The van der Waals surface area contributed by atoms with Crippen LogP contribution in [0.15, 0.2) is 0 Å². The fourth-order valence-corrected chi connectivity index (χ4v) is 0.840. The maximum absolute atomic E-state index is 10.8. The standard InChI is InChI=1S/C6H12N2O2/c1-8(6(9)10-2)5-3-7-4-5/h5,7H,3-4H2,1-2H3. The predicted molar refractivity (Wildman–Crippen MR) is 36.8 cm³/mol. The monoisotopic (exact) mass is 144 g/mol. The largest absolute Gasteiger partial charge is 0.453 e. The van der Waals surface area contributed by atoms with E-state index in [-0.39, 0.29) is 6.09 Å². The van der Waals surface area contributed by atoms with Crippen LogP contribution >= 0.6 is 0 Å². The van der Waals surface area contributed by atoms with Gasteiger partial charge in [0.2, 0.25) is 0 Å². The van der Waals surface area contributed by atoms with Crippen molar-refractivity contribution in [2.45, 2.75) is 6.04 Å². The van der Waals surface area contributed by atoms with Crippen molar-refractivity contribution in [3.05, 3.63) is 0 Å². The maximum atomic E-state index is 10.8. The number of nitrogens with zero attached hydrogens (tertiary/aromatic N) is 1. The second kappa shape index (κ2) is 2.88. The van der Waals surface area contributed by atoms with E-state index >= 15 is 0 Å². The van der Waals surface area contributed by atoms with Crippen LogP contribution in [-0.4, -0.2) is 44.3 Å². The highest BCUT2D eigenvalue weighted by molar-refractivity contribution is 5.67. The normalized spacial score (nSPS) is 17.8. The van der Waals surface area contributed by atoms with Gasteiger partial charge in [-0.2, -0.15) is 0 Å². The molecule has 4 nitrogen and oxygen atoms in total. The van der Waals surface area contributed by atoms with Gasteiger partial charge in [0.1, 0.15) is 0 Å². The number of rotatable bonds is 1. The first-order valence-corrected chi connectivity index (χ1v) is 3.27. The molecule has 1 saturated heterocycles.